The predicted octanol–water partition coefficient (Wildman–Crippen LogP) is 7.64. The zero-order chi connectivity index (χ0) is 22.9. The van der Waals surface area contributed by atoms with Gasteiger partial charge in [0.05, 0.1) is 17.8 Å². The number of fused-ring (bicyclic) bond motifs is 3. The summed E-state index contributed by atoms with van der Waals surface area (Å²) in [7, 11) is 0. The van der Waals surface area contributed by atoms with Crippen molar-refractivity contribution in [3.63, 3.8) is 0 Å². The van der Waals surface area contributed by atoms with Crippen molar-refractivity contribution in [2.75, 3.05) is 0 Å². The minimum Gasteiger partial charge on any atom is -0.360 e. The molecule has 34 heavy (non-hydrogen) atoms. The van der Waals surface area contributed by atoms with Crippen molar-refractivity contribution in [3.05, 3.63) is 144 Å². The second kappa shape index (κ2) is 8.79. The first-order valence-electron chi connectivity index (χ1n) is 12.1. The molecule has 0 fully saturated rings. The summed E-state index contributed by atoms with van der Waals surface area (Å²) in [4.78, 5) is 7.18. The van der Waals surface area contributed by atoms with Crippen LogP contribution in [0.15, 0.2) is 122 Å². The van der Waals surface area contributed by atoms with E-state index in [4.69, 9.17) is 0 Å². The Morgan fingerprint density at radius 2 is 1.53 bits per heavy atom. The van der Waals surface area contributed by atoms with E-state index in [-0.39, 0.29) is 6.04 Å². The zero-order valence-electron chi connectivity index (χ0n) is 19.4. The monoisotopic (exact) mass is 440 g/mol. The maximum atomic E-state index is 4.62. The molecular formula is C32H28N2. The molecule has 0 saturated carbocycles. The summed E-state index contributed by atoms with van der Waals surface area (Å²) >= 11 is 0. The lowest BCUT2D eigenvalue weighted by Crippen LogP contribution is -2.27. The van der Waals surface area contributed by atoms with Gasteiger partial charge in [0.2, 0.25) is 0 Å². The van der Waals surface area contributed by atoms with Crippen LogP contribution in [0.25, 0.3) is 16.8 Å². The summed E-state index contributed by atoms with van der Waals surface area (Å²) in [6.07, 6.45) is 9.90. The molecule has 0 N–H and O–H groups in total. The summed E-state index contributed by atoms with van der Waals surface area (Å²) in [5, 5.41) is 0. The summed E-state index contributed by atoms with van der Waals surface area (Å²) in [5.74, 6) is 0.437. The lowest BCUT2D eigenvalue weighted by Gasteiger charge is -2.35. The van der Waals surface area contributed by atoms with Gasteiger partial charge in [0.15, 0.2) is 0 Å². The number of allylic oxidation sites excluding steroid dienone is 2. The van der Waals surface area contributed by atoms with Gasteiger partial charge >= 0.3 is 0 Å². The molecule has 0 bridgehead atoms. The van der Waals surface area contributed by atoms with Gasteiger partial charge in [-0.1, -0.05) is 91.9 Å². The number of hydrogen-bond acceptors (Lipinski definition) is 2. The molecule has 166 valence electrons. The number of aromatic nitrogens is 1. The molecule has 3 aromatic carbocycles. The third-order valence-corrected chi connectivity index (χ3v) is 7.19. The van der Waals surface area contributed by atoms with E-state index < -0.39 is 0 Å². The third kappa shape index (κ3) is 3.66. The van der Waals surface area contributed by atoms with E-state index in [0.29, 0.717) is 12.0 Å². The molecule has 3 heterocycles. The Morgan fingerprint density at radius 3 is 2.35 bits per heavy atom. The van der Waals surface area contributed by atoms with Gasteiger partial charge in [-0.2, -0.15) is 0 Å². The van der Waals surface area contributed by atoms with Gasteiger partial charge < -0.3 is 4.90 Å². The van der Waals surface area contributed by atoms with E-state index in [1.165, 1.54) is 33.4 Å². The quantitative estimate of drug-likeness (QED) is 0.317. The van der Waals surface area contributed by atoms with Gasteiger partial charge in [-0.05, 0) is 64.5 Å². The van der Waals surface area contributed by atoms with Crippen LogP contribution in [0.1, 0.15) is 41.3 Å². The fraction of sp³-hybridized carbons (Fsp3) is 0.156. The van der Waals surface area contributed by atoms with Gasteiger partial charge in [-0.3, -0.25) is 4.98 Å². The number of benzene rings is 3. The average molecular weight is 441 g/mol. The molecule has 2 aliphatic heterocycles. The average Bonchev–Trinajstić information content (AvgIpc) is 3.24. The molecule has 4 aromatic rings. The number of pyridine rings is 1. The zero-order valence-corrected chi connectivity index (χ0v) is 19.4. The molecule has 2 aliphatic rings. The Bertz CT molecular complexity index is 1350. The number of nitrogens with zero attached hydrogens (tertiary/aromatic N) is 2. The molecule has 0 amide bonds. The lowest BCUT2D eigenvalue weighted by atomic mass is 9.87. The molecule has 1 aromatic heterocycles. The Hall–Kier alpha value is -3.91. The minimum absolute atomic E-state index is 0.273. The molecule has 0 saturated heterocycles. The van der Waals surface area contributed by atoms with E-state index in [9.17, 15) is 0 Å². The normalized spacial score (nSPS) is 19.3. The first kappa shape index (κ1) is 20.7. The smallest absolute Gasteiger partial charge is 0.0740 e. The summed E-state index contributed by atoms with van der Waals surface area (Å²) < 4.78 is 0. The molecule has 2 heteroatoms. The van der Waals surface area contributed by atoms with Gasteiger partial charge in [-0.15, -0.1) is 0 Å². The molecule has 6 rings (SSSR count). The molecule has 0 aliphatic carbocycles. The van der Waals surface area contributed by atoms with Crippen molar-refractivity contribution in [2.45, 2.75) is 25.4 Å². The van der Waals surface area contributed by atoms with Crippen molar-refractivity contribution >= 4 is 5.57 Å². The maximum absolute atomic E-state index is 4.62. The Labute approximate surface area is 201 Å². The summed E-state index contributed by atoms with van der Waals surface area (Å²) in [6, 6.07) is 35.2. The molecule has 0 radical (unpaired) electrons. The van der Waals surface area contributed by atoms with Gasteiger partial charge in [0.25, 0.3) is 0 Å². The standard InChI is InChI=1S/C32H28N2/c1-23(21-26-13-5-6-14-27(26)30-17-9-10-19-33-30)32-29-16-8-7-15-28(29)31-22-25(18-20-34(31)32)24-11-3-2-4-12-24/h2-20,22-23,31-32H,21H2,1H3/t23-,31?,32-/m1/s1. The van der Waals surface area contributed by atoms with E-state index in [1.54, 1.807) is 0 Å². The number of hydrogen-bond donors (Lipinski definition) is 0. The highest BCUT2D eigenvalue weighted by molar-refractivity contribution is 5.76. The molecule has 0 spiro atoms. The second-order valence-corrected chi connectivity index (χ2v) is 9.32. The fourth-order valence-corrected chi connectivity index (χ4v) is 5.65. The van der Waals surface area contributed by atoms with Crippen LogP contribution in [0.2, 0.25) is 0 Å². The highest BCUT2D eigenvalue weighted by Gasteiger charge is 2.39. The van der Waals surface area contributed by atoms with Crippen molar-refractivity contribution in [2.24, 2.45) is 5.92 Å². The van der Waals surface area contributed by atoms with Crippen LogP contribution in [-0.2, 0) is 6.42 Å². The van der Waals surface area contributed by atoms with Crippen LogP contribution in [0.4, 0.5) is 0 Å². The second-order valence-electron chi connectivity index (χ2n) is 9.32. The van der Waals surface area contributed by atoms with Crippen LogP contribution in [0.3, 0.4) is 0 Å². The fourth-order valence-electron chi connectivity index (χ4n) is 5.65. The van der Waals surface area contributed by atoms with Gasteiger partial charge in [0.1, 0.15) is 0 Å². The van der Waals surface area contributed by atoms with Crippen molar-refractivity contribution in [1.82, 2.24) is 9.88 Å². The first-order chi connectivity index (χ1) is 16.8. The summed E-state index contributed by atoms with van der Waals surface area (Å²) in [5.41, 5.74) is 9.08. The van der Waals surface area contributed by atoms with E-state index >= 15 is 0 Å². The Balaban J connectivity index is 1.34. The highest BCUT2D eigenvalue weighted by atomic mass is 15.2. The van der Waals surface area contributed by atoms with Gasteiger partial charge in [-0.25, -0.2) is 0 Å². The number of rotatable bonds is 5. The van der Waals surface area contributed by atoms with E-state index in [0.717, 1.165) is 12.1 Å². The maximum Gasteiger partial charge on any atom is 0.0740 e. The Morgan fingerprint density at radius 1 is 0.794 bits per heavy atom. The minimum atomic E-state index is 0.273. The van der Waals surface area contributed by atoms with Crippen molar-refractivity contribution in [3.8, 4) is 11.3 Å². The van der Waals surface area contributed by atoms with Crippen molar-refractivity contribution in [1.29, 1.82) is 0 Å². The predicted molar refractivity (Wildman–Crippen MR) is 140 cm³/mol. The summed E-state index contributed by atoms with van der Waals surface area (Å²) in [6.45, 7) is 2.39. The third-order valence-electron chi connectivity index (χ3n) is 7.19. The first-order valence-corrected chi connectivity index (χ1v) is 12.1. The molecule has 2 nitrogen and oxygen atoms in total. The van der Waals surface area contributed by atoms with E-state index in [2.05, 4.69) is 126 Å². The molecule has 1 unspecified atom stereocenters. The van der Waals surface area contributed by atoms with Crippen LogP contribution >= 0.6 is 0 Å². The lowest BCUT2D eigenvalue weighted by molar-refractivity contribution is 0.208. The molecule has 3 atom stereocenters. The van der Waals surface area contributed by atoms with Crippen LogP contribution < -0.4 is 0 Å². The topological polar surface area (TPSA) is 16.1 Å². The van der Waals surface area contributed by atoms with Crippen LogP contribution in [0.5, 0.6) is 0 Å². The SMILES string of the molecule is C[C@H](Cc1ccccc1-c1ccccn1)[C@@H]1c2ccccc2C2C=C(c3ccccc3)C=CN21. The van der Waals surface area contributed by atoms with Crippen molar-refractivity contribution < 1.29 is 0 Å². The van der Waals surface area contributed by atoms with Gasteiger partial charge in [0, 0.05) is 18.0 Å². The largest absolute Gasteiger partial charge is 0.360 e. The van der Waals surface area contributed by atoms with Crippen LogP contribution in [0, 0.1) is 5.92 Å². The highest BCUT2D eigenvalue weighted by Crippen LogP contribution is 2.49. The Kier molecular flexibility index (Phi) is 5.35. The van der Waals surface area contributed by atoms with E-state index in [1.807, 2.05) is 12.3 Å². The van der Waals surface area contributed by atoms with Crippen LogP contribution in [-0.4, -0.2) is 9.88 Å². The molecular weight excluding hydrogens is 412 g/mol.